The van der Waals surface area contributed by atoms with Crippen LogP contribution in [0.15, 0.2) is 66.0 Å². The van der Waals surface area contributed by atoms with Crippen molar-refractivity contribution in [2.75, 3.05) is 26.2 Å². The summed E-state index contributed by atoms with van der Waals surface area (Å²) < 4.78 is 15.2. The minimum atomic E-state index is -0.714. The van der Waals surface area contributed by atoms with E-state index < -0.39 is 17.9 Å². The molecule has 30 heavy (non-hydrogen) atoms. The Bertz CT molecular complexity index is 1010. The molecule has 0 aliphatic carbocycles. The zero-order valence-corrected chi connectivity index (χ0v) is 17.9. The molecule has 3 rings (SSSR count). The summed E-state index contributed by atoms with van der Waals surface area (Å²) in [6, 6.07) is 12.8. The van der Waals surface area contributed by atoms with Crippen LogP contribution in [0.2, 0.25) is 5.02 Å². The summed E-state index contributed by atoms with van der Waals surface area (Å²) in [5.74, 6) is -1.34. The molecule has 0 bridgehead atoms. The number of rotatable bonds is 5. The Balaban J connectivity index is 2.19. The van der Waals surface area contributed by atoms with Crippen molar-refractivity contribution < 1.29 is 23.8 Å². The first-order valence-electron chi connectivity index (χ1n) is 9.18. The second-order valence-electron chi connectivity index (χ2n) is 6.73. The first-order chi connectivity index (χ1) is 14.4. The van der Waals surface area contributed by atoms with E-state index in [1.165, 1.54) is 21.3 Å². The molecule has 7 heteroatoms. The quantitative estimate of drug-likeness (QED) is 0.660. The SMILES string of the molecule is COC(=O)C1=CN(c2cccc(C)c2)C=C(C(=O)OC)C1c1ccc(OC)c(Cl)c1. The van der Waals surface area contributed by atoms with E-state index in [1.54, 1.807) is 35.5 Å². The van der Waals surface area contributed by atoms with Crippen molar-refractivity contribution in [1.82, 2.24) is 0 Å². The predicted molar refractivity (Wildman–Crippen MR) is 115 cm³/mol. The second kappa shape index (κ2) is 9.05. The van der Waals surface area contributed by atoms with E-state index >= 15 is 0 Å². The smallest absolute Gasteiger partial charge is 0.336 e. The van der Waals surface area contributed by atoms with Gasteiger partial charge in [0, 0.05) is 18.1 Å². The maximum Gasteiger partial charge on any atom is 0.336 e. The number of carbonyl (C=O) groups is 2. The van der Waals surface area contributed by atoms with E-state index in [1.807, 2.05) is 31.2 Å². The molecule has 0 amide bonds. The summed E-state index contributed by atoms with van der Waals surface area (Å²) in [6.07, 6.45) is 3.33. The van der Waals surface area contributed by atoms with Crippen LogP contribution in [0.4, 0.5) is 5.69 Å². The van der Waals surface area contributed by atoms with Gasteiger partial charge in [-0.15, -0.1) is 0 Å². The van der Waals surface area contributed by atoms with Crippen LogP contribution in [-0.2, 0) is 19.1 Å². The van der Waals surface area contributed by atoms with E-state index in [2.05, 4.69) is 0 Å². The molecule has 2 aromatic rings. The molecule has 0 spiro atoms. The van der Waals surface area contributed by atoms with Crippen LogP contribution < -0.4 is 9.64 Å². The molecule has 1 heterocycles. The Morgan fingerprint density at radius 2 is 1.57 bits per heavy atom. The monoisotopic (exact) mass is 427 g/mol. The number of hydrogen-bond acceptors (Lipinski definition) is 6. The molecule has 0 aromatic heterocycles. The van der Waals surface area contributed by atoms with Crippen molar-refractivity contribution in [1.29, 1.82) is 0 Å². The van der Waals surface area contributed by atoms with Gasteiger partial charge in [0.15, 0.2) is 0 Å². The third-order valence-electron chi connectivity index (χ3n) is 4.83. The second-order valence-corrected chi connectivity index (χ2v) is 7.13. The molecule has 0 saturated carbocycles. The maximum absolute atomic E-state index is 12.7. The molecule has 1 aliphatic heterocycles. The minimum absolute atomic E-state index is 0.281. The number of anilines is 1. The van der Waals surface area contributed by atoms with Crippen molar-refractivity contribution >= 4 is 29.2 Å². The Hall–Kier alpha value is -3.25. The number of hydrogen-bond donors (Lipinski definition) is 0. The fourth-order valence-corrected chi connectivity index (χ4v) is 3.66. The van der Waals surface area contributed by atoms with Gasteiger partial charge >= 0.3 is 11.9 Å². The Kier molecular flexibility index (Phi) is 6.47. The van der Waals surface area contributed by atoms with Crippen molar-refractivity contribution in [2.24, 2.45) is 0 Å². The first-order valence-corrected chi connectivity index (χ1v) is 9.56. The highest BCUT2D eigenvalue weighted by molar-refractivity contribution is 6.32. The van der Waals surface area contributed by atoms with Gasteiger partial charge in [-0.3, -0.25) is 0 Å². The zero-order chi connectivity index (χ0) is 21.8. The lowest BCUT2D eigenvalue weighted by atomic mass is 9.83. The summed E-state index contributed by atoms with van der Waals surface area (Å²) in [4.78, 5) is 27.1. The Labute approximate surface area is 180 Å². The summed E-state index contributed by atoms with van der Waals surface area (Å²) >= 11 is 6.31. The molecular formula is C23H22ClNO5. The number of benzene rings is 2. The van der Waals surface area contributed by atoms with Gasteiger partial charge in [0.25, 0.3) is 0 Å². The van der Waals surface area contributed by atoms with Crippen LogP contribution in [0.3, 0.4) is 0 Å². The van der Waals surface area contributed by atoms with Gasteiger partial charge < -0.3 is 19.1 Å². The normalized spacial score (nSPS) is 14.0. The van der Waals surface area contributed by atoms with Gasteiger partial charge in [-0.2, -0.15) is 0 Å². The predicted octanol–water partition coefficient (Wildman–Crippen LogP) is 4.37. The molecule has 0 unspecified atom stereocenters. The summed E-state index contributed by atoms with van der Waals surface area (Å²) in [5.41, 5.74) is 3.03. The lowest BCUT2D eigenvalue weighted by Crippen LogP contribution is -2.28. The van der Waals surface area contributed by atoms with E-state index in [0.29, 0.717) is 16.3 Å². The van der Waals surface area contributed by atoms with E-state index in [0.717, 1.165) is 11.3 Å². The van der Waals surface area contributed by atoms with Crippen LogP contribution in [0.1, 0.15) is 17.0 Å². The van der Waals surface area contributed by atoms with Gasteiger partial charge in [-0.05, 0) is 42.3 Å². The van der Waals surface area contributed by atoms with Crippen LogP contribution in [-0.4, -0.2) is 33.3 Å². The molecule has 1 aliphatic rings. The molecule has 0 radical (unpaired) electrons. The number of nitrogens with zero attached hydrogens (tertiary/aromatic N) is 1. The average molecular weight is 428 g/mol. The Morgan fingerprint density at radius 3 is 2.07 bits per heavy atom. The van der Waals surface area contributed by atoms with E-state index in [9.17, 15) is 9.59 Å². The van der Waals surface area contributed by atoms with Crippen molar-refractivity contribution in [3.63, 3.8) is 0 Å². The number of carbonyl (C=O) groups excluding carboxylic acids is 2. The fourth-order valence-electron chi connectivity index (χ4n) is 3.39. The third kappa shape index (κ3) is 4.19. The van der Waals surface area contributed by atoms with Crippen molar-refractivity contribution in [2.45, 2.75) is 12.8 Å². The lowest BCUT2D eigenvalue weighted by Gasteiger charge is -2.30. The zero-order valence-electron chi connectivity index (χ0n) is 17.1. The molecule has 0 atom stereocenters. The number of methoxy groups -OCH3 is 3. The third-order valence-corrected chi connectivity index (χ3v) is 5.12. The molecule has 6 nitrogen and oxygen atoms in total. The van der Waals surface area contributed by atoms with E-state index in [4.69, 9.17) is 25.8 Å². The van der Waals surface area contributed by atoms with Gasteiger partial charge in [-0.1, -0.05) is 29.8 Å². The minimum Gasteiger partial charge on any atom is -0.495 e. The van der Waals surface area contributed by atoms with Crippen LogP contribution in [0.5, 0.6) is 5.75 Å². The lowest BCUT2D eigenvalue weighted by molar-refractivity contribution is -0.137. The van der Waals surface area contributed by atoms with E-state index in [-0.39, 0.29) is 11.1 Å². The largest absolute Gasteiger partial charge is 0.495 e. The molecular weight excluding hydrogens is 406 g/mol. The van der Waals surface area contributed by atoms with Crippen molar-refractivity contribution in [3.05, 3.63) is 82.2 Å². The van der Waals surface area contributed by atoms with Crippen LogP contribution >= 0.6 is 11.6 Å². The fraction of sp³-hybridized carbons (Fsp3) is 0.217. The van der Waals surface area contributed by atoms with Crippen LogP contribution in [0, 0.1) is 6.92 Å². The average Bonchev–Trinajstić information content (AvgIpc) is 2.77. The molecule has 2 aromatic carbocycles. The highest BCUT2D eigenvalue weighted by Gasteiger charge is 2.35. The van der Waals surface area contributed by atoms with Gasteiger partial charge in [0.05, 0.1) is 43.4 Å². The van der Waals surface area contributed by atoms with Crippen LogP contribution in [0.25, 0.3) is 0 Å². The van der Waals surface area contributed by atoms with Gasteiger partial charge in [0.1, 0.15) is 5.75 Å². The summed E-state index contributed by atoms with van der Waals surface area (Å²) in [7, 11) is 4.11. The molecule has 0 N–H and O–H groups in total. The number of aryl methyl sites for hydroxylation is 1. The standard InChI is InChI=1S/C23H22ClNO5/c1-14-6-5-7-16(10-14)25-12-17(22(26)29-3)21(18(13-25)23(27)30-4)15-8-9-20(28-2)19(24)11-15/h5-13,21H,1-4H3. The van der Waals surface area contributed by atoms with Gasteiger partial charge in [-0.25, -0.2) is 9.59 Å². The highest BCUT2D eigenvalue weighted by Crippen LogP contribution is 2.40. The summed E-state index contributed by atoms with van der Waals surface area (Å²) in [5, 5.41) is 0.365. The first kappa shape index (κ1) is 21.5. The topological polar surface area (TPSA) is 65.1 Å². The van der Waals surface area contributed by atoms with Gasteiger partial charge in [0.2, 0.25) is 0 Å². The maximum atomic E-state index is 12.7. The number of ether oxygens (including phenoxy) is 3. The molecule has 0 saturated heterocycles. The molecule has 156 valence electrons. The van der Waals surface area contributed by atoms with Crippen molar-refractivity contribution in [3.8, 4) is 5.75 Å². The number of halogens is 1. The highest BCUT2D eigenvalue weighted by atomic mass is 35.5. The summed E-state index contributed by atoms with van der Waals surface area (Å²) in [6.45, 7) is 1.96. The number of esters is 2. The molecule has 0 fully saturated rings. The Morgan fingerprint density at radius 1 is 0.933 bits per heavy atom.